The second-order valence-corrected chi connectivity index (χ2v) is 5.80. The second-order valence-electron chi connectivity index (χ2n) is 5.80. The standard InChI is InChI=1S/C19H25NO/c1-14-4-6-17(7-5-14)18(13-20)8-9-21-19-11-15(2)10-16(3)12-19/h4-7,10-12,18H,8-9,13,20H2,1-3H3. The summed E-state index contributed by atoms with van der Waals surface area (Å²) in [6.07, 6.45) is 0.937. The molecule has 21 heavy (non-hydrogen) atoms. The first-order valence-corrected chi connectivity index (χ1v) is 7.56. The van der Waals surface area contributed by atoms with Crippen LogP contribution in [0.2, 0.25) is 0 Å². The fourth-order valence-corrected chi connectivity index (χ4v) is 2.59. The lowest BCUT2D eigenvalue weighted by molar-refractivity contribution is 0.298. The van der Waals surface area contributed by atoms with Crippen molar-refractivity contribution in [2.75, 3.05) is 13.2 Å². The Morgan fingerprint density at radius 2 is 1.52 bits per heavy atom. The van der Waals surface area contributed by atoms with Gasteiger partial charge in [0.25, 0.3) is 0 Å². The van der Waals surface area contributed by atoms with Gasteiger partial charge in [-0.1, -0.05) is 35.9 Å². The molecule has 0 aromatic heterocycles. The number of rotatable bonds is 6. The van der Waals surface area contributed by atoms with Crippen LogP contribution in [0.5, 0.6) is 5.75 Å². The molecule has 0 saturated heterocycles. The first-order valence-electron chi connectivity index (χ1n) is 7.56. The van der Waals surface area contributed by atoms with Crippen molar-refractivity contribution in [1.29, 1.82) is 0 Å². The van der Waals surface area contributed by atoms with Crippen LogP contribution >= 0.6 is 0 Å². The van der Waals surface area contributed by atoms with Gasteiger partial charge < -0.3 is 10.5 Å². The molecule has 0 fully saturated rings. The van der Waals surface area contributed by atoms with Gasteiger partial charge in [-0.3, -0.25) is 0 Å². The SMILES string of the molecule is Cc1ccc(C(CN)CCOc2cc(C)cc(C)c2)cc1. The van der Waals surface area contributed by atoms with Crippen molar-refractivity contribution in [2.24, 2.45) is 5.73 Å². The van der Waals surface area contributed by atoms with Crippen LogP contribution in [0.3, 0.4) is 0 Å². The minimum atomic E-state index is 0.358. The summed E-state index contributed by atoms with van der Waals surface area (Å²) >= 11 is 0. The van der Waals surface area contributed by atoms with Crippen LogP contribution in [0.4, 0.5) is 0 Å². The maximum Gasteiger partial charge on any atom is 0.119 e. The molecular formula is C19H25NO. The first kappa shape index (κ1) is 15.6. The van der Waals surface area contributed by atoms with E-state index in [1.165, 1.54) is 22.3 Å². The van der Waals surface area contributed by atoms with Gasteiger partial charge in [-0.2, -0.15) is 0 Å². The molecule has 0 amide bonds. The molecule has 0 aliphatic heterocycles. The number of hydrogen-bond acceptors (Lipinski definition) is 2. The van der Waals surface area contributed by atoms with Crippen molar-refractivity contribution in [3.8, 4) is 5.75 Å². The van der Waals surface area contributed by atoms with Crippen molar-refractivity contribution in [1.82, 2.24) is 0 Å². The normalized spacial score (nSPS) is 12.2. The second kappa shape index (κ2) is 7.28. The van der Waals surface area contributed by atoms with Crippen LogP contribution in [0.1, 0.15) is 34.6 Å². The summed E-state index contributed by atoms with van der Waals surface area (Å²) in [5, 5.41) is 0. The third-order valence-corrected chi connectivity index (χ3v) is 3.76. The molecule has 2 N–H and O–H groups in total. The topological polar surface area (TPSA) is 35.2 Å². The van der Waals surface area contributed by atoms with E-state index in [1.54, 1.807) is 0 Å². The van der Waals surface area contributed by atoms with Crippen LogP contribution in [0.25, 0.3) is 0 Å². The number of aryl methyl sites for hydroxylation is 3. The summed E-state index contributed by atoms with van der Waals surface area (Å²) in [5.41, 5.74) is 11.0. The van der Waals surface area contributed by atoms with Gasteiger partial charge in [0.2, 0.25) is 0 Å². The molecule has 2 heteroatoms. The van der Waals surface area contributed by atoms with E-state index in [0.29, 0.717) is 19.1 Å². The van der Waals surface area contributed by atoms with Gasteiger partial charge in [0.1, 0.15) is 5.75 Å². The molecule has 0 bridgehead atoms. The largest absolute Gasteiger partial charge is 0.494 e. The molecule has 0 saturated carbocycles. The van der Waals surface area contributed by atoms with Crippen molar-refractivity contribution in [3.05, 3.63) is 64.7 Å². The van der Waals surface area contributed by atoms with E-state index >= 15 is 0 Å². The maximum absolute atomic E-state index is 5.91. The zero-order valence-electron chi connectivity index (χ0n) is 13.2. The van der Waals surface area contributed by atoms with Gasteiger partial charge in [-0.25, -0.2) is 0 Å². The van der Waals surface area contributed by atoms with Gasteiger partial charge in [-0.15, -0.1) is 0 Å². The van der Waals surface area contributed by atoms with Gasteiger partial charge in [0, 0.05) is 0 Å². The monoisotopic (exact) mass is 283 g/mol. The number of hydrogen-bond donors (Lipinski definition) is 1. The van der Waals surface area contributed by atoms with Crippen LogP contribution in [0, 0.1) is 20.8 Å². The predicted molar refractivity (Wildman–Crippen MR) is 89.0 cm³/mol. The number of ether oxygens (including phenoxy) is 1. The van der Waals surface area contributed by atoms with Crippen LogP contribution in [-0.4, -0.2) is 13.2 Å². The Labute approximate surface area is 127 Å². The molecule has 0 aliphatic rings. The summed E-state index contributed by atoms with van der Waals surface area (Å²) in [4.78, 5) is 0. The fraction of sp³-hybridized carbons (Fsp3) is 0.368. The Morgan fingerprint density at radius 3 is 2.10 bits per heavy atom. The minimum absolute atomic E-state index is 0.358. The summed E-state index contributed by atoms with van der Waals surface area (Å²) in [6, 6.07) is 14.9. The summed E-state index contributed by atoms with van der Waals surface area (Å²) in [5.74, 6) is 1.31. The number of nitrogens with two attached hydrogens (primary N) is 1. The van der Waals surface area contributed by atoms with Crippen molar-refractivity contribution in [3.63, 3.8) is 0 Å². The zero-order valence-corrected chi connectivity index (χ0v) is 13.2. The lowest BCUT2D eigenvalue weighted by Crippen LogP contribution is -2.15. The lowest BCUT2D eigenvalue weighted by Gasteiger charge is -2.16. The Morgan fingerprint density at radius 1 is 0.905 bits per heavy atom. The highest BCUT2D eigenvalue weighted by molar-refractivity contribution is 5.33. The van der Waals surface area contributed by atoms with Crippen molar-refractivity contribution >= 4 is 0 Å². The first-order chi connectivity index (χ1) is 10.1. The van der Waals surface area contributed by atoms with Crippen LogP contribution in [-0.2, 0) is 0 Å². The Balaban J connectivity index is 1.92. The highest BCUT2D eigenvalue weighted by Crippen LogP contribution is 2.21. The van der Waals surface area contributed by atoms with E-state index in [2.05, 4.69) is 63.2 Å². The molecule has 1 unspecified atom stereocenters. The molecule has 0 radical (unpaired) electrons. The average Bonchev–Trinajstić information content (AvgIpc) is 2.44. The molecule has 0 heterocycles. The van der Waals surface area contributed by atoms with Gasteiger partial charge in [0.15, 0.2) is 0 Å². The highest BCUT2D eigenvalue weighted by atomic mass is 16.5. The quantitative estimate of drug-likeness (QED) is 0.865. The molecule has 2 nitrogen and oxygen atoms in total. The fourth-order valence-electron chi connectivity index (χ4n) is 2.59. The van der Waals surface area contributed by atoms with Crippen LogP contribution < -0.4 is 10.5 Å². The molecule has 2 aromatic rings. The van der Waals surface area contributed by atoms with E-state index in [9.17, 15) is 0 Å². The maximum atomic E-state index is 5.91. The smallest absolute Gasteiger partial charge is 0.119 e. The highest BCUT2D eigenvalue weighted by Gasteiger charge is 2.10. The van der Waals surface area contributed by atoms with E-state index < -0.39 is 0 Å². The molecular weight excluding hydrogens is 258 g/mol. The summed E-state index contributed by atoms with van der Waals surface area (Å²) < 4.78 is 5.89. The van der Waals surface area contributed by atoms with Gasteiger partial charge in [-0.05, 0) is 68.5 Å². The van der Waals surface area contributed by atoms with E-state index in [0.717, 1.165) is 12.2 Å². The third kappa shape index (κ3) is 4.61. The Kier molecular flexibility index (Phi) is 5.40. The predicted octanol–water partition coefficient (Wildman–Crippen LogP) is 4.12. The molecule has 112 valence electrons. The van der Waals surface area contributed by atoms with Gasteiger partial charge >= 0.3 is 0 Å². The lowest BCUT2D eigenvalue weighted by atomic mass is 9.95. The molecule has 2 aromatic carbocycles. The van der Waals surface area contributed by atoms with E-state index in [4.69, 9.17) is 10.5 Å². The van der Waals surface area contributed by atoms with E-state index in [1.807, 2.05) is 0 Å². The Hall–Kier alpha value is -1.80. The third-order valence-electron chi connectivity index (χ3n) is 3.76. The minimum Gasteiger partial charge on any atom is -0.494 e. The summed E-state index contributed by atoms with van der Waals surface area (Å²) in [6.45, 7) is 7.63. The molecule has 1 atom stereocenters. The van der Waals surface area contributed by atoms with E-state index in [-0.39, 0.29) is 0 Å². The summed E-state index contributed by atoms with van der Waals surface area (Å²) in [7, 11) is 0. The zero-order chi connectivity index (χ0) is 15.2. The van der Waals surface area contributed by atoms with Crippen LogP contribution in [0.15, 0.2) is 42.5 Å². The van der Waals surface area contributed by atoms with Gasteiger partial charge in [0.05, 0.1) is 6.61 Å². The molecule has 2 rings (SSSR count). The molecule has 0 aliphatic carbocycles. The van der Waals surface area contributed by atoms with Crippen molar-refractivity contribution < 1.29 is 4.74 Å². The Bertz CT molecular complexity index is 554. The number of benzene rings is 2. The molecule has 0 spiro atoms. The van der Waals surface area contributed by atoms with Crippen molar-refractivity contribution in [2.45, 2.75) is 33.1 Å². The average molecular weight is 283 g/mol.